The molecule has 0 radical (unpaired) electrons. The molecular formula is C25H25NO. The van der Waals surface area contributed by atoms with Crippen molar-refractivity contribution in [2.45, 2.75) is 31.6 Å². The molecule has 4 rings (SSSR count). The molecule has 0 saturated heterocycles. The Balaban J connectivity index is 1.76. The molecule has 2 nitrogen and oxygen atoms in total. The molecule has 136 valence electrons. The van der Waals surface area contributed by atoms with Gasteiger partial charge in [0.2, 0.25) is 5.91 Å². The second-order valence-corrected chi connectivity index (χ2v) is 7.20. The third kappa shape index (κ3) is 2.95. The smallest absolute Gasteiger partial charge is 0.235 e. The lowest BCUT2D eigenvalue weighted by Gasteiger charge is -2.31. The van der Waals surface area contributed by atoms with E-state index in [4.69, 9.17) is 0 Å². The Bertz CT molecular complexity index is 900. The SMILES string of the molecule is CCNC(=O)C1(CCCc2ccccc2)c2ccccc2-c2ccccc21. The summed E-state index contributed by atoms with van der Waals surface area (Å²) in [5.41, 5.74) is 5.40. The number of aryl methyl sites for hydroxylation is 1. The van der Waals surface area contributed by atoms with Gasteiger partial charge in [-0.25, -0.2) is 0 Å². The fourth-order valence-electron chi connectivity index (χ4n) is 4.47. The summed E-state index contributed by atoms with van der Waals surface area (Å²) in [4.78, 5) is 13.4. The lowest BCUT2D eigenvalue weighted by Crippen LogP contribution is -2.44. The maximum Gasteiger partial charge on any atom is 0.235 e. The van der Waals surface area contributed by atoms with Gasteiger partial charge in [-0.05, 0) is 54.0 Å². The van der Waals surface area contributed by atoms with Crippen molar-refractivity contribution in [3.8, 4) is 11.1 Å². The van der Waals surface area contributed by atoms with Gasteiger partial charge >= 0.3 is 0 Å². The fraction of sp³-hybridized carbons (Fsp3) is 0.240. The number of amides is 1. The van der Waals surface area contributed by atoms with Crippen LogP contribution >= 0.6 is 0 Å². The highest BCUT2D eigenvalue weighted by Crippen LogP contribution is 2.51. The first kappa shape index (κ1) is 17.5. The van der Waals surface area contributed by atoms with Crippen molar-refractivity contribution in [3.63, 3.8) is 0 Å². The molecular weight excluding hydrogens is 330 g/mol. The minimum atomic E-state index is -0.599. The Kier molecular flexibility index (Phi) is 4.81. The first-order chi connectivity index (χ1) is 13.3. The highest BCUT2D eigenvalue weighted by Gasteiger charge is 2.48. The Morgan fingerprint density at radius 2 is 1.37 bits per heavy atom. The molecule has 1 N–H and O–H groups in total. The first-order valence-corrected chi connectivity index (χ1v) is 9.79. The highest BCUT2D eigenvalue weighted by atomic mass is 16.2. The van der Waals surface area contributed by atoms with Gasteiger partial charge in [-0.2, -0.15) is 0 Å². The van der Waals surface area contributed by atoms with Crippen LogP contribution in [0.25, 0.3) is 11.1 Å². The van der Waals surface area contributed by atoms with Crippen LogP contribution in [0.5, 0.6) is 0 Å². The first-order valence-electron chi connectivity index (χ1n) is 9.79. The van der Waals surface area contributed by atoms with E-state index in [1.165, 1.54) is 16.7 Å². The van der Waals surface area contributed by atoms with Crippen LogP contribution < -0.4 is 5.32 Å². The Labute approximate surface area is 161 Å². The minimum absolute atomic E-state index is 0.121. The molecule has 0 bridgehead atoms. The molecule has 0 atom stereocenters. The standard InChI is InChI=1S/C25H25NO/c1-2-26-24(27)25(18-10-13-19-11-4-3-5-12-19)22-16-8-6-14-20(22)21-15-7-9-17-23(21)25/h3-9,11-12,14-17H,2,10,13,18H2,1H3,(H,26,27). The summed E-state index contributed by atoms with van der Waals surface area (Å²) in [6, 6.07) is 27.3. The van der Waals surface area contributed by atoms with Crippen LogP contribution in [0.3, 0.4) is 0 Å². The molecule has 0 fully saturated rings. The van der Waals surface area contributed by atoms with Crippen LogP contribution in [-0.2, 0) is 16.6 Å². The number of rotatable bonds is 6. The van der Waals surface area contributed by atoms with E-state index in [2.05, 4.69) is 78.1 Å². The number of hydrogen-bond acceptors (Lipinski definition) is 1. The summed E-state index contributed by atoms with van der Waals surface area (Å²) in [5.74, 6) is 0.121. The zero-order valence-corrected chi connectivity index (χ0v) is 15.7. The van der Waals surface area contributed by atoms with Crippen molar-refractivity contribution in [2.75, 3.05) is 6.54 Å². The molecule has 3 aromatic rings. The average Bonchev–Trinajstić information content (AvgIpc) is 3.01. The summed E-state index contributed by atoms with van der Waals surface area (Å²) >= 11 is 0. The topological polar surface area (TPSA) is 29.1 Å². The second-order valence-electron chi connectivity index (χ2n) is 7.20. The van der Waals surface area contributed by atoms with E-state index >= 15 is 0 Å². The Morgan fingerprint density at radius 1 is 0.815 bits per heavy atom. The molecule has 27 heavy (non-hydrogen) atoms. The Hall–Kier alpha value is -2.87. The average molecular weight is 355 g/mol. The molecule has 0 heterocycles. The van der Waals surface area contributed by atoms with Crippen molar-refractivity contribution in [1.82, 2.24) is 5.32 Å². The lowest BCUT2D eigenvalue weighted by molar-refractivity contribution is -0.125. The number of fused-ring (bicyclic) bond motifs is 3. The van der Waals surface area contributed by atoms with E-state index in [0.29, 0.717) is 6.54 Å². The third-order valence-corrected chi connectivity index (χ3v) is 5.65. The van der Waals surface area contributed by atoms with Crippen molar-refractivity contribution >= 4 is 5.91 Å². The molecule has 1 aliphatic carbocycles. The number of benzene rings is 3. The van der Waals surface area contributed by atoms with Crippen molar-refractivity contribution in [2.24, 2.45) is 0 Å². The Morgan fingerprint density at radius 3 is 1.96 bits per heavy atom. The van der Waals surface area contributed by atoms with E-state index in [1.54, 1.807) is 0 Å². The molecule has 0 saturated carbocycles. The van der Waals surface area contributed by atoms with E-state index in [-0.39, 0.29) is 5.91 Å². The maximum atomic E-state index is 13.4. The van der Waals surface area contributed by atoms with Crippen LogP contribution in [-0.4, -0.2) is 12.5 Å². The number of carbonyl (C=O) groups is 1. The molecule has 0 spiro atoms. The van der Waals surface area contributed by atoms with Gasteiger partial charge in [0.15, 0.2) is 0 Å². The normalized spacial score (nSPS) is 13.7. The van der Waals surface area contributed by atoms with E-state index in [1.807, 2.05) is 13.0 Å². The van der Waals surface area contributed by atoms with Crippen LogP contribution in [0.2, 0.25) is 0 Å². The van der Waals surface area contributed by atoms with Crippen LogP contribution in [0.1, 0.15) is 36.5 Å². The summed E-state index contributed by atoms with van der Waals surface area (Å²) < 4.78 is 0. The van der Waals surface area contributed by atoms with Crippen molar-refractivity contribution < 1.29 is 4.79 Å². The molecule has 0 unspecified atom stereocenters. The molecule has 0 aromatic heterocycles. The van der Waals surface area contributed by atoms with Gasteiger partial charge in [0.05, 0.1) is 0 Å². The quantitative estimate of drug-likeness (QED) is 0.654. The lowest BCUT2D eigenvalue weighted by atomic mass is 9.73. The molecule has 2 heteroatoms. The summed E-state index contributed by atoms with van der Waals surface area (Å²) in [7, 11) is 0. The fourth-order valence-corrected chi connectivity index (χ4v) is 4.47. The predicted molar refractivity (Wildman–Crippen MR) is 111 cm³/mol. The summed E-state index contributed by atoms with van der Waals surface area (Å²) in [6.45, 7) is 2.63. The number of nitrogens with one attached hydrogen (secondary N) is 1. The van der Waals surface area contributed by atoms with Crippen LogP contribution in [0.4, 0.5) is 0 Å². The predicted octanol–water partition coefficient (Wildman–Crippen LogP) is 5.11. The largest absolute Gasteiger partial charge is 0.355 e. The summed E-state index contributed by atoms with van der Waals surface area (Å²) in [5, 5.41) is 3.12. The van der Waals surface area contributed by atoms with Gasteiger partial charge < -0.3 is 5.32 Å². The zero-order chi connectivity index (χ0) is 18.7. The number of likely N-dealkylation sites (N-methyl/N-ethyl adjacent to an activating group) is 1. The van der Waals surface area contributed by atoms with Gasteiger partial charge in [0.25, 0.3) is 0 Å². The van der Waals surface area contributed by atoms with Gasteiger partial charge in [-0.1, -0.05) is 78.9 Å². The van der Waals surface area contributed by atoms with E-state index in [9.17, 15) is 4.79 Å². The van der Waals surface area contributed by atoms with Gasteiger partial charge in [0, 0.05) is 6.54 Å². The van der Waals surface area contributed by atoms with Crippen LogP contribution in [0, 0.1) is 0 Å². The molecule has 3 aromatic carbocycles. The highest BCUT2D eigenvalue weighted by molar-refractivity contribution is 6.00. The maximum absolute atomic E-state index is 13.4. The molecule has 0 aliphatic heterocycles. The molecule has 1 amide bonds. The van der Waals surface area contributed by atoms with Gasteiger partial charge in [-0.3, -0.25) is 4.79 Å². The third-order valence-electron chi connectivity index (χ3n) is 5.65. The number of hydrogen-bond donors (Lipinski definition) is 1. The summed E-state index contributed by atoms with van der Waals surface area (Å²) in [6.07, 6.45) is 2.75. The van der Waals surface area contributed by atoms with E-state index in [0.717, 1.165) is 30.4 Å². The van der Waals surface area contributed by atoms with Crippen molar-refractivity contribution in [3.05, 3.63) is 95.6 Å². The number of carbonyl (C=O) groups excluding carboxylic acids is 1. The minimum Gasteiger partial charge on any atom is -0.355 e. The van der Waals surface area contributed by atoms with Crippen molar-refractivity contribution in [1.29, 1.82) is 0 Å². The van der Waals surface area contributed by atoms with Crippen LogP contribution in [0.15, 0.2) is 78.9 Å². The van der Waals surface area contributed by atoms with E-state index < -0.39 is 5.41 Å². The zero-order valence-electron chi connectivity index (χ0n) is 15.7. The second kappa shape index (κ2) is 7.40. The van der Waals surface area contributed by atoms with Gasteiger partial charge in [-0.15, -0.1) is 0 Å². The van der Waals surface area contributed by atoms with Gasteiger partial charge in [0.1, 0.15) is 5.41 Å². The molecule has 1 aliphatic rings. The monoisotopic (exact) mass is 355 g/mol.